The minimum Gasteiger partial charge on any atom is -0.322 e. The quantitative estimate of drug-likeness (QED) is 0.834. The van der Waals surface area contributed by atoms with Crippen LogP contribution in [0.3, 0.4) is 0 Å². The van der Waals surface area contributed by atoms with Crippen LogP contribution in [0.25, 0.3) is 0 Å². The van der Waals surface area contributed by atoms with Gasteiger partial charge < -0.3 is 10.2 Å². The van der Waals surface area contributed by atoms with Gasteiger partial charge in [0.15, 0.2) is 0 Å². The number of nitrogens with one attached hydrogen (secondary N) is 1. The van der Waals surface area contributed by atoms with Gasteiger partial charge in [-0.3, -0.25) is 9.69 Å². The Kier molecular flexibility index (Phi) is 6.05. The van der Waals surface area contributed by atoms with Crippen LogP contribution in [-0.4, -0.2) is 48.9 Å². The lowest BCUT2D eigenvalue weighted by atomic mass is 10.0. The molecule has 2 aromatic carbocycles. The first-order valence-electron chi connectivity index (χ1n) is 9.19. The number of carbonyl (C=O) groups is 1. The maximum Gasteiger partial charge on any atom is 0.416 e. The molecule has 1 aliphatic rings. The molecule has 0 aliphatic carbocycles. The number of anilines is 1. The predicted octanol–water partition coefficient (Wildman–Crippen LogP) is 4.09. The molecule has 1 amide bonds. The van der Waals surface area contributed by atoms with Crippen molar-refractivity contribution in [2.24, 2.45) is 0 Å². The van der Waals surface area contributed by atoms with Crippen LogP contribution in [0.1, 0.15) is 27.9 Å². The van der Waals surface area contributed by atoms with Crippen LogP contribution in [0.5, 0.6) is 0 Å². The van der Waals surface area contributed by atoms with E-state index in [0.29, 0.717) is 11.6 Å². The number of nitrogens with zero attached hydrogens (tertiary/aromatic N) is 2. The summed E-state index contributed by atoms with van der Waals surface area (Å²) in [6.45, 7) is 1.76. The maximum absolute atomic E-state index is 13.6. The average molecular weight is 391 g/mol. The van der Waals surface area contributed by atoms with Crippen molar-refractivity contribution in [1.82, 2.24) is 9.80 Å². The van der Waals surface area contributed by atoms with Crippen LogP contribution < -0.4 is 5.32 Å². The van der Waals surface area contributed by atoms with E-state index in [2.05, 4.69) is 10.2 Å². The Bertz CT molecular complexity index is 821. The summed E-state index contributed by atoms with van der Waals surface area (Å²) < 4.78 is 40.9. The fraction of sp³-hybridized carbons (Fsp3) is 0.381. The Morgan fingerprint density at radius 3 is 2.50 bits per heavy atom. The van der Waals surface area contributed by atoms with Crippen LogP contribution in [0.2, 0.25) is 0 Å². The van der Waals surface area contributed by atoms with Crippen LogP contribution >= 0.6 is 0 Å². The second-order valence-corrected chi connectivity index (χ2v) is 7.33. The van der Waals surface area contributed by atoms with E-state index >= 15 is 0 Å². The van der Waals surface area contributed by atoms with Crippen molar-refractivity contribution in [2.75, 3.05) is 32.5 Å². The molecular formula is C21H24F3N3O. The molecule has 7 heteroatoms. The van der Waals surface area contributed by atoms with Crippen molar-refractivity contribution in [2.45, 2.75) is 25.2 Å². The lowest BCUT2D eigenvalue weighted by Crippen LogP contribution is -2.31. The van der Waals surface area contributed by atoms with E-state index in [1.54, 1.807) is 30.3 Å². The predicted molar refractivity (Wildman–Crippen MR) is 103 cm³/mol. The number of carbonyl (C=O) groups excluding carboxylic acids is 1. The molecule has 3 rings (SSSR count). The second kappa shape index (κ2) is 8.32. The molecule has 1 saturated heterocycles. The average Bonchev–Trinajstić information content (AvgIpc) is 3.12. The van der Waals surface area contributed by atoms with E-state index in [4.69, 9.17) is 0 Å². The molecule has 28 heavy (non-hydrogen) atoms. The molecule has 0 aromatic heterocycles. The normalized spacial score (nSPS) is 17.9. The maximum atomic E-state index is 13.6. The van der Waals surface area contributed by atoms with Gasteiger partial charge in [-0.25, -0.2) is 0 Å². The molecule has 1 unspecified atom stereocenters. The Labute approximate surface area is 162 Å². The summed E-state index contributed by atoms with van der Waals surface area (Å²) in [6.07, 6.45) is -3.54. The third-order valence-corrected chi connectivity index (χ3v) is 5.08. The molecule has 1 aliphatic heterocycles. The summed E-state index contributed by atoms with van der Waals surface area (Å²) in [5.41, 5.74) is 0.0562. The zero-order valence-corrected chi connectivity index (χ0v) is 16.0. The fourth-order valence-corrected chi connectivity index (χ4v) is 3.47. The molecule has 1 N–H and O–H groups in total. The topological polar surface area (TPSA) is 35.6 Å². The van der Waals surface area contributed by atoms with Gasteiger partial charge in [-0.1, -0.05) is 24.3 Å². The van der Waals surface area contributed by atoms with E-state index in [0.717, 1.165) is 25.6 Å². The van der Waals surface area contributed by atoms with E-state index in [1.165, 1.54) is 12.1 Å². The molecule has 1 atom stereocenters. The van der Waals surface area contributed by atoms with Crippen molar-refractivity contribution in [1.29, 1.82) is 0 Å². The zero-order valence-electron chi connectivity index (χ0n) is 16.0. The summed E-state index contributed by atoms with van der Waals surface area (Å²) in [5.74, 6) is -0.435. The molecule has 0 bridgehead atoms. The van der Waals surface area contributed by atoms with Crippen LogP contribution in [0, 0.1) is 0 Å². The Morgan fingerprint density at radius 2 is 1.89 bits per heavy atom. The molecule has 2 aromatic rings. The highest BCUT2D eigenvalue weighted by Gasteiger charge is 2.35. The lowest BCUT2D eigenvalue weighted by molar-refractivity contribution is -0.138. The van der Waals surface area contributed by atoms with Crippen molar-refractivity contribution in [3.8, 4) is 0 Å². The number of likely N-dealkylation sites (N-methyl/N-ethyl adjacent to an activating group) is 1. The van der Waals surface area contributed by atoms with Crippen molar-refractivity contribution in [3.63, 3.8) is 0 Å². The first-order chi connectivity index (χ1) is 13.2. The van der Waals surface area contributed by atoms with Crippen LogP contribution in [0.15, 0.2) is 48.5 Å². The number of hydrogen-bond acceptors (Lipinski definition) is 3. The molecule has 0 saturated carbocycles. The third-order valence-electron chi connectivity index (χ3n) is 5.08. The summed E-state index contributed by atoms with van der Waals surface area (Å²) in [6, 6.07) is 12.8. The highest BCUT2D eigenvalue weighted by Crippen LogP contribution is 2.35. The third kappa shape index (κ3) is 4.91. The largest absolute Gasteiger partial charge is 0.416 e. The molecule has 150 valence electrons. The number of alkyl halides is 3. The van der Waals surface area contributed by atoms with Crippen molar-refractivity contribution >= 4 is 11.6 Å². The van der Waals surface area contributed by atoms with Gasteiger partial charge in [0.05, 0.1) is 5.56 Å². The molecule has 1 heterocycles. The highest BCUT2D eigenvalue weighted by molar-refractivity contribution is 6.04. The van der Waals surface area contributed by atoms with Gasteiger partial charge in [-0.05, 0) is 50.3 Å². The molecular weight excluding hydrogens is 367 g/mol. The summed E-state index contributed by atoms with van der Waals surface area (Å²) in [4.78, 5) is 16.4. The van der Waals surface area contributed by atoms with Crippen LogP contribution in [0.4, 0.5) is 18.9 Å². The first-order valence-corrected chi connectivity index (χ1v) is 9.19. The highest BCUT2D eigenvalue weighted by atomic mass is 19.4. The number of rotatable bonds is 5. The Balaban J connectivity index is 1.78. The molecule has 4 nitrogen and oxygen atoms in total. The van der Waals surface area contributed by atoms with Gasteiger partial charge >= 0.3 is 6.18 Å². The Hall–Kier alpha value is -2.38. The standard InChI is InChI=1S/C21H24F3N3O/c1-26(2)18-10-11-27(14-18)13-16-8-9-17(12-19(16)21(22,23)24)25-20(28)15-6-4-3-5-7-15/h3-9,12,18H,10-11,13-14H2,1-2H3,(H,25,28). The monoisotopic (exact) mass is 391 g/mol. The van der Waals surface area contributed by atoms with Crippen molar-refractivity contribution < 1.29 is 18.0 Å². The number of amides is 1. The van der Waals surface area contributed by atoms with Crippen LogP contribution in [-0.2, 0) is 12.7 Å². The van der Waals surface area contributed by atoms with E-state index in [-0.39, 0.29) is 17.8 Å². The molecule has 1 fully saturated rings. The van der Waals surface area contributed by atoms with Gasteiger partial charge in [0, 0.05) is 36.9 Å². The van der Waals surface area contributed by atoms with Gasteiger partial charge in [0.1, 0.15) is 0 Å². The lowest BCUT2D eigenvalue weighted by Gasteiger charge is -2.22. The number of hydrogen-bond donors (Lipinski definition) is 1. The van der Waals surface area contributed by atoms with Crippen molar-refractivity contribution in [3.05, 3.63) is 65.2 Å². The molecule has 0 radical (unpaired) electrons. The minimum atomic E-state index is -4.48. The Morgan fingerprint density at radius 1 is 1.18 bits per heavy atom. The first kappa shape index (κ1) is 20.4. The van der Waals surface area contributed by atoms with E-state index in [9.17, 15) is 18.0 Å². The zero-order chi connectivity index (χ0) is 20.3. The van der Waals surface area contributed by atoms with E-state index < -0.39 is 17.6 Å². The SMILES string of the molecule is CN(C)C1CCN(Cc2ccc(NC(=O)c3ccccc3)cc2C(F)(F)F)C1. The molecule has 0 spiro atoms. The number of halogens is 3. The minimum absolute atomic E-state index is 0.137. The number of likely N-dealkylation sites (tertiary alicyclic amines) is 1. The van der Waals surface area contributed by atoms with Gasteiger partial charge in [-0.15, -0.1) is 0 Å². The smallest absolute Gasteiger partial charge is 0.322 e. The summed E-state index contributed by atoms with van der Waals surface area (Å²) >= 11 is 0. The van der Waals surface area contributed by atoms with Gasteiger partial charge in [-0.2, -0.15) is 13.2 Å². The fourth-order valence-electron chi connectivity index (χ4n) is 3.47. The summed E-state index contributed by atoms with van der Waals surface area (Å²) in [5, 5.41) is 2.55. The van der Waals surface area contributed by atoms with Gasteiger partial charge in [0.25, 0.3) is 5.91 Å². The van der Waals surface area contributed by atoms with Gasteiger partial charge in [0.2, 0.25) is 0 Å². The second-order valence-electron chi connectivity index (χ2n) is 7.33. The summed E-state index contributed by atoms with van der Waals surface area (Å²) in [7, 11) is 3.97. The van der Waals surface area contributed by atoms with E-state index in [1.807, 2.05) is 19.0 Å². The number of benzene rings is 2.